The Morgan fingerprint density at radius 1 is 1.07 bits per heavy atom. The van der Waals surface area contributed by atoms with Gasteiger partial charge in [0.15, 0.2) is 0 Å². The summed E-state index contributed by atoms with van der Waals surface area (Å²) in [5.41, 5.74) is 0.348. The molecule has 2 aromatic rings. The van der Waals surface area contributed by atoms with E-state index in [-0.39, 0.29) is 22.2 Å². The number of methoxy groups -OCH3 is 2. The van der Waals surface area contributed by atoms with Crippen molar-refractivity contribution in [3.8, 4) is 0 Å². The van der Waals surface area contributed by atoms with Crippen LogP contribution in [0.5, 0.6) is 0 Å². The molecule has 2 amide bonds. The lowest BCUT2D eigenvalue weighted by atomic mass is 10.1. The molecule has 0 bridgehead atoms. The highest BCUT2D eigenvalue weighted by molar-refractivity contribution is 7.12. The maximum absolute atomic E-state index is 12.8. The number of esters is 2. The predicted molar refractivity (Wildman–Crippen MR) is 104 cm³/mol. The minimum Gasteiger partial charge on any atom is -0.468 e. The Morgan fingerprint density at radius 3 is 2.25 bits per heavy atom. The van der Waals surface area contributed by atoms with Crippen molar-refractivity contribution in [2.45, 2.75) is 0 Å². The van der Waals surface area contributed by atoms with Gasteiger partial charge in [-0.15, -0.1) is 11.3 Å². The van der Waals surface area contributed by atoms with Crippen LogP contribution in [0.25, 0.3) is 0 Å². The van der Waals surface area contributed by atoms with Crippen LogP contribution in [0.15, 0.2) is 35.7 Å². The second-order valence-electron chi connectivity index (χ2n) is 5.44. The van der Waals surface area contributed by atoms with Gasteiger partial charge in [-0.2, -0.15) is 0 Å². The van der Waals surface area contributed by atoms with Crippen molar-refractivity contribution in [3.05, 3.63) is 51.2 Å². The number of rotatable bonds is 7. The van der Waals surface area contributed by atoms with Crippen LogP contribution in [-0.2, 0) is 19.1 Å². The smallest absolute Gasteiger partial charge is 0.325 e. The van der Waals surface area contributed by atoms with Crippen molar-refractivity contribution in [3.63, 3.8) is 0 Å². The van der Waals surface area contributed by atoms with Crippen LogP contribution in [0.3, 0.4) is 0 Å². The number of anilines is 1. The molecule has 28 heavy (non-hydrogen) atoms. The summed E-state index contributed by atoms with van der Waals surface area (Å²) >= 11 is 7.37. The predicted octanol–water partition coefficient (Wildman–Crippen LogP) is 2.44. The molecule has 8 nitrogen and oxygen atoms in total. The zero-order valence-electron chi connectivity index (χ0n) is 15.1. The molecule has 1 aromatic carbocycles. The second kappa shape index (κ2) is 9.86. The van der Waals surface area contributed by atoms with Gasteiger partial charge in [0.1, 0.15) is 13.1 Å². The Bertz CT molecular complexity index is 866. The lowest BCUT2D eigenvalue weighted by molar-refractivity contribution is -0.144. The minimum absolute atomic E-state index is 0.124. The quantitative estimate of drug-likeness (QED) is 0.685. The van der Waals surface area contributed by atoms with Crippen LogP contribution in [0, 0.1) is 0 Å². The summed E-state index contributed by atoms with van der Waals surface area (Å²) in [4.78, 5) is 49.6. The highest BCUT2D eigenvalue weighted by Crippen LogP contribution is 2.25. The number of benzene rings is 1. The molecule has 0 unspecified atom stereocenters. The van der Waals surface area contributed by atoms with Gasteiger partial charge in [0.2, 0.25) is 0 Å². The third kappa shape index (κ3) is 5.54. The summed E-state index contributed by atoms with van der Waals surface area (Å²) in [6.45, 7) is -0.881. The number of ether oxygens (including phenoxy) is 2. The normalized spacial score (nSPS) is 10.1. The van der Waals surface area contributed by atoms with Crippen LogP contribution in [0.4, 0.5) is 5.69 Å². The van der Waals surface area contributed by atoms with Crippen molar-refractivity contribution in [1.29, 1.82) is 0 Å². The topological polar surface area (TPSA) is 102 Å². The molecule has 10 heteroatoms. The van der Waals surface area contributed by atoms with E-state index in [0.717, 1.165) is 4.90 Å². The number of hydrogen-bond donors (Lipinski definition) is 1. The zero-order valence-corrected chi connectivity index (χ0v) is 16.6. The average Bonchev–Trinajstić information content (AvgIpc) is 3.23. The summed E-state index contributed by atoms with van der Waals surface area (Å²) in [7, 11) is 2.34. The fourth-order valence-corrected chi connectivity index (χ4v) is 2.95. The standard InChI is InChI=1S/C18H17ClN2O6S/c1-26-15(22)9-21(10-16(23)27-2)18(25)11-5-6-12(19)13(8-11)20-17(24)14-4-3-7-28-14/h3-8H,9-10H2,1-2H3,(H,20,24). The van der Waals surface area contributed by atoms with Gasteiger partial charge in [0.25, 0.3) is 11.8 Å². The van der Waals surface area contributed by atoms with Gasteiger partial charge in [0.05, 0.1) is 29.8 Å². The van der Waals surface area contributed by atoms with Crippen molar-refractivity contribution in [1.82, 2.24) is 4.90 Å². The van der Waals surface area contributed by atoms with Gasteiger partial charge in [-0.1, -0.05) is 17.7 Å². The molecule has 1 N–H and O–H groups in total. The summed E-state index contributed by atoms with van der Waals surface area (Å²) in [6, 6.07) is 7.62. The van der Waals surface area contributed by atoms with Gasteiger partial charge in [-0.05, 0) is 29.6 Å². The fourth-order valence-electron chi connectivity index (χ4n) is 2.17. The Hall–Kier alpha value is -2.91. The molecule has 0 aliphatic rings. The van der Waals surface area contributed by atoms with Crippen LogP contribution >= 0.6 is 22.9 Å². The van der Waals surface area contributed by atoms with Crippen molar-refractivity contribution in [2.75, 3.05) is 32.6 Å². The molecule has 0 aliphatic heterocycles. The number of amides is 2. The third-order valence-corrected chi connectivity index (χ3v) is 4.79. The lowest BCUT2D eigenvalue weighted by Gasteiger charge is -2.20. The number of hydrogen-bond acceptors (Lipinski definition) is 7. The largest absolute Gasteiger partial charge is 0.468 e. The Balaban J connectivity index is 2.25. The van der Waals surface area contributed by atoms with Crippen molar-refractivity contribution >= 4 is 52.4 Å². The number of nitrogens with one attached hydrogen (secondary N) is 1. The van der Waals surface area contributed by atoms with E-state index < -0.39 is 30.9 Å². The first-order chi connectivity index (χ1) is 13.3. The monoisotopic (exact) mass is 424 g/mol. The minimum atomic E-state index is -0.697. The molecule has 0 atom stereocenters. The zero-order chi connectivity index (χ0) is 20.7. The van der Waals surface area contributed by atoms with Crippen molar-refractivity contribution in [2.24, 2.45) is 0 Å². The molecule has 0 spiro atoms. The first-order valence-corrected chi connectivity index (χ1v) is 9.18. The molecule has 1 aromatic heterocycles. The second-order valence-corrected chi connectivity index (χ2v) is 6.79. The molecule has 1 heterocycles. The number of halogens is 1. The Kier molecular flexibility index (Phi) is 7.53. The van der Waals surface area contributed by atoms with Crippen LogP contribution < -0.4 is 5.32 Å². The highest BCUT2D eigenvalue weighted by atomic mass is 35.5. The summed E-state index contributed by atoms with van der Waals surface area (Å²) < 4.78 is 9.11. The van der Waals surface area contributed by atoms with E-state index in [1.807, 2.05) is 0 Å². The highest BCUT2D eigenvalue weighted by Gasteiger charge is 2.23. The van der Waals surface area contributed by atoms with E-state index in [0.29, 0.717) is 4.88 Å². The Labute approximate surface area is 170 Å². The van der Waals surface area contributed by atoms with Gasteiger partial charge in [-0.25, -0.2) is 0 Å². The van der Waals surface area contributed by atoms with E-state index in [1.54, 1.807) is 17.5 Å². The third-order valence-electron chi connectivity index (χ3n) is 3.59. The first kappa shape index (κ1) is 21.4. The molecule has 0 fully saturated rings. The van der Waals surface area contributed by atoms with Crippen LogP contribution in [-0.4, -0.2) is 56.0 Å². The number of carbonyl (C=O) groups is 4. The number of nitrogens with zero attached hydrogens (tertiary/aromatic N) is 1. The summed E-state index contributed by atoms with van der Waals surface area (Å²) in [5.74, 6) is -2.39. The molecule has 0 saturated carbocycles. The number of carbonyl (C=O) groups excluding carboxylic acids is 4. The van der Waals surface area contributed by atoms with Gasteiger partial charge in [-0.3, -0.25) is 19.2 Å². The Morgan fingerprint density at radius 2 is 1.71 bits per heavy atom. The molecule has 0 saturated heterocycles. The van der Waals surface area contributed by atoms with E-state index >= 15 is 0 Å². The first-order valence-electron chi connectivity index (χ1n) is 7.93. The van der Waals surface area contributed by atoms with Crippen molar-refractivity contribution < 1.29 is 28.7 Å². The maximum Gasteiger partial charge on any atom is 0.325 e. The molecule has 148 valence electrons. The van der Waals surface area contributed by atoms with Gasteiger partial charge >= 0.3 is 11.9 Å². The molecule has 2 rings (SSSR count). The maximum atomic E-state index is 12.8. The van der Waals surface area contributed by atoms with Gasteiger partial charge < -0.3 is 19.7 Å². The number of thiophene rings is 1. The molecule has 0 aliphatic carbocycles. The van der Waals surface area contributed by atoms with Crippen LogP contribution in [0.2, 0.25) is 5.02 Å². The molecular formula is C18H17ClN2O6S. The van der Waals surface area contributed by atoms with E-state index in [1.165, 1.54) is 43.8 Å². The summed E-state index contributed by atoms with van der Waals surface area (Å²) in [6.07, 6.45) is 0. The van der Waals surface area contributed by atoms with Crippen LogP contribution in [0.1, 0.15) is 20.0 Å². The van der Waals surface area contributed by atoms with E-state index in [4.69, 9.17) is 11.6 Å². The molecule has 0 radical (unpaired) electrons. The van der Waals surface area contributed by atoms with Gasteiger partial charge in [0, 0.05) is 5.56 Å². The SMILES string of the molecule is COC(=O)CN(CC(=O)OC)C(=O)c1ccc(Cl)c(NC(=O)c2cccs2)c1. The van der Waals surface area contributed by atoms with E-state index in [2.05, 4.69) is 14.8 Å². The average molecular weight is 425 g/mol. The lowest BCUT2D eigenvalue weighted by Crippen LogP contribution is -2.40. The van der Waals surface area contributed by atoms with E-state index in [9.17, 15) is 19.2 Å². The fraction of sp³-hybridized carbons (Fsp3) is 0.222. The molecular weight excluding hydrogens is 408 g/mol. The summed E-state index contributed by atoms with van der Waals surface area (Å²) in [5, 5.41) is 4.62.